The summed E-state index contributed by atoms with van der Waals surface area (Å²) in [5.74, 6) is 2.45. The summed E-state index contributed by atoms with van der Waals surface area (Å²) in [4.78, 5) is 36.2. The molecule has 9 heteroatoms. The van der Waals surface area contributed by atoms with E-state index in [0.717, 1.165) is 69.3 Å². The Morgan fingerprint density at radius 2 is 1.86 bits per heavy atom. The number of hydrogen-bond acceptors (Lipinski definition) is 7. The van der Waals surface area contributed by atoms with Crippen LogP contribution in [0.5, 0.6) is 5.75 Å². The molecule has 0 atom stereocenters. The second-order valence-electron chi connectivity index (χ2n) is 10.2. The topological polar surface area (TPSA) is 108 Å². The van der Waals surface area contributed by atoms with Crippen LogP contribution in [0, 0.1) is 5.92 Å². The van der Waals surface area contributed by atoms with E-state index in [4.69, 9.17) is 9.72 Å². The van der Waals surface area contributed by atoms with Gasteiger partial charge < -0.3 is 20.7 Å². The maximum atomic E-state index is 13.8. The minimum Gasteiger partial charge on any atom is -0.493 e. The van der Waals surface area contributed by atoms with Gasteiger partial charge in [0.05, 0.1) is 6.61 Å². The summed E-state index contributed by atoms with van der Waals surface area (Å²) in [7, 11) is 0. The monoisotopic (exact) mass is 492 g/mol. The van der Waals surface area contributed by atoms with E-state index in [1.165, 1.54) is 0 Å². The average molecular weight is 493 g/mol. The fourth-order valence-electron chi connectivity index (χ4n) is 5.50. The maximum absolute atomic E-state index is 13.8. The minimum atomic E-state index is -0.0382. The van der Waals surface area contributed by atoms with Crippen molar-refractivity contribution in [2.24, 2.45) is 5.92 Å². The first-order valence-corrected chi connectivity index (χ1v) is 13.2. The number of nitrogens with one attached hydrogen (secondary N) is 3. The van der Waals surface area contributed by atoms with Crippen molar-refractivity contribution in [3.63, 3.8) is 0 Å². The first-order valence-electron chi connectivity index (χ1n) is 13.2. The number of carbonyl (C=O) groups excluding carboxylic acids is 2. The van der Waals surface area contributed by atoms with E-state index in [1.54, 1.807) is 13.1 Å². The van der Waals surface area contributed by atoms with Crippen molar-refractivity contribution >= 4 is 23.6 Å². The molecule has 0 bridgehead atoms. The number of aromatic nitrogens is 2. The fourth-order valence-corrected chi connectivity index (χ4v) is 5.50. The summed E-state index contributed by atoms with van der Waals surface area (Å²) in [5.41, 5.74) is 1.75. The van der Waals surface area contributed by atoms with Gasteiger partial charge in [-0.3, -0.25) is 14.5 Å². The SMILES string of the molecule is CC(=O)NC1CCC(Nc2nccc(N(CC3CCNCC3)C(=O)c3ccc4c(c3)CCO4)n2)CC1. The number of rotatable bonds is 7. The van der Waals surface area contributed by atoms with Crippen LogP contribution in [-0.4, -0.2) is 60.1 Å². The van der Waals surface area contributed by atoms with E-state index >= 15 is 0 Å². The van der Waals surface area contributed by atoms with Crippen LogP contribution >= 0.6 is 0 Å². The maximum Gasteiger partial charge on any atom is 0.259 e. The zero-order valence-corrected chi connectivity index (χ0v) is 21.0. The molecule has 0 radical (unpaired) electrons. The Morgan fingerprint density at radius 1 is 1.08 bits per heavy atom. The zero-order chi connectivity index (χ0) is 24.9. The van der Waals surface area contributed by atoms with Crippen molar-refractivity contribution in [3.8, 4) is 5.75 Å². The third-order valence-electron chi connectivity index (χ3n) is 7.47. The highest BCUT2D eigenvalue weighted by atomic mass is 16.5. The third kappa shape index (κ3) is 5.95. The molecule has 5 rings (SSSR count). The van der Waals surface area contributed by atoms with Gasteiger partial charge >= 0.3 is 0 Å². The lowest BCUT2D eigenvalue weighted by Crippen LogP contribution is -2.40. The Balaban J connectivity index is 1.32. The van der Waals surface area contributed by atoms with Crippen molar-refractivity contribution in [2.45, 2.75) is 64.0 Å². The zero-order valence-electron chi connectivity index (χ0n) is 21.0. The van der Waals surface area contributed by atoms with Crippen LogP contribution in [0.25, 0.3) is 0 Å². The van der Waals surface area contributed by atoms with Crippen LogP contribution in [0.2, 0.25) is 0 Å². The third-order valence-corrected chi connectivity index (χ3v) is 7.47. The van der Waals surface area contributed by atoms with E-state index in [9.17, 15) is 9.59 Å². The molecule has 0 unspecified atom stereocenters. The first-order chi connectivity index (χ1) is 17.5. The molecule has 1 aromatic heterocycles. The van der Waals surface area contributed by atoms with E-state index in [-0.39, 0.29) is 23.9 Å². The van der Waals surface area contributed by atoms with E-state index in [1.807, 2.05) is 29.2 Å². The van der Waals surface area contributed by atoms with Crippen LogP contribution in [0.3, 0.4) is 0 Å². The van der Waals surface area contributed by atoms with E-state index in [0.29, 0.717) is 36.4 Å². The Kier molecular flexibility index (Phi) is 7.65. The molecule has 2 fully saturated rings. The average Bonchev–Trinajstić information content (AvgIpc) is 3.37. The Hall–Kier alpha value is -3.20. The molecule has 3 aliphatic rings. The lowest BCUT2D eigenvalue weighted by Gasteiger charge is -2.31. The van der Waals surface area contributed by atoms with Gasteiger partial charge in [0.1, 0.15) is 11.6 Å². The number of anilines is 2. The molecule has 1 saturated carbocycles. The molecule has 1 aliphatic carbocycles. The Labute approximate surface area is 212 Å². The second kappa shape index (κ2) is 11.2. The number of hydrogen-bond donors (Lipinski definition) is 3. The normalized spacial score (nSPS) is 21.8. The highest BCUT2D eigenvalue weighted by molar-refractivity contribution is 6.05. The number of nitrogens with zero attached hydrogens (tertiary/aromatic N) is 3. The van der Waals surface area contributed by atoms with Gasteiger partial charge in [-0.15, -0.1) is 0 Å². The van der Waals surface area contributed by atoms with Gasteiger partial charge in [-0.25, -0.2) is 4.98 Å². The highest BCUT2D eigenvalue weighted by Gasteiger charge is 2.27. The largest absolute Gasteiger partial charge is 0.493 e. The molecule has 3 heterocycles. The van der Waals surface area contributed by atoms with Crippen LogP contribution in [0.1, 0.15) is 61.4 Å². The van der Waals surface area contributed by atoms with Crippen molar-refractivity contribution in [3.05, 3.63) is 41.6 Å². The van der Waals surface area contributed by atoms with Gasteiger partial charge in [-0.2, -0.15) is 4.98 Å². The van der Waals surface area contributed by atoms with Crippen molar-refractivity contribution in [1.82, 2.24) is 20.6 Å². The molecule has 192 valence electrons. The fraction of sp³-hybridized carbons (Fsp3) is 0.556. The molecule has 9 nitrogen and oxygen atoms in total. The van der Waals surface area contributed by atoms with Gasteiger partial charge in [0.25, 0.3) is 5.91 Å². The van der Waals surface area contributed by atoms with Crippen LogP contribution in [-0.2, 0) is 11.2 Å². The number of carbonyl (C=O) groups is 2. The Bertz CT molecular complexity index is 1080. The molecule has 3 N–H and O–H groups in total. The molecule has 36 heavy (non-hydrogen) atoms. The summed E-state index contributed by atoms with van der Waals surface area (Å²) in [6.45, 7) is 4.81. The summed E-state index contributed by atoms with van der Waals surface area (Å²) < 4.78 is 5.63. The highest BCUT2D eigenvalue weighted by Crippen LogP contribution is 2.28. The molecule has 1 saturated heterocycles. The quantitative estimate of drug-likeness (QED) is 0.545. The second-order valence-corrected chi connectivity index (χ2v) is 10.2. The summed E-state index contributed by atoms with van der Waals surface area (Å²) in [6, 6.07) is 8.04. The molecule has 0 spiro atoms. The number of piperidine rings is 1. The van der Waals surface area contributed by atoms with Gasteiger partial charge in [-0.1, -0.05) is 0 Å². The lowest BCUT2D eigenvalue weighted by atomic mass is 9.91. The summed E-state index contributed by atoms with van der Waals surface area (Å²) >= 11 is 0. The summed E-state index contributed by atoms with van der Waals surface area (Å²) in [5, 5.41) is 9.89. The van der Waals surface area contributed by atoms with Gasteiger partial charge in [-0.05, 0) is 87.4 Å². The van der Waals surface area contributed by atoms with Gasteiger partial charge in [0, 0.05) is 43.7 Å². The molecule has 1 aromatic carbocycles. The molecular weight excluding hydrogens is 456 g/mol. The molecule has 2 amide bonds. The minimum absolute atomic E-state index is 0.0249. The number of amides is 2. The number of ether oxygens (including phenoxy) is 1. The van der Waals surface area contributed by atoms with E-state index < -0.39 is 0 Å². The van der Waals surface area contributed by atoms with Crippen molar-refractivity contribution < 1.29 is 14.3 Å². The van der Waals surface area contributed by atoms with Crippen LogP contribution in [0.15, 0.2) is 30.5 Å². The van der Waals surface area contributed by atoms with Crippen molar-refractivity contribution in [2.75, 3.05) is 36.5 Å². The van der Waals surface area contributed by atoms with E-state index in [2.05, 4.69) is 20.9 Å². The predicted molar refractivity (Wildman–Crippen MR) is 138 cm³/mol. The van der Waals surface area contributed by atoms with Gasteiger partial charge in [0.2, 0.25) is 11.9 Å². The molecule has 2 aromatic rings. The summed E-state index contributed by atoms with van der Waals surface area (Å²) in [6.07, 6.45) is 8.37. The first kappa shape index (κ1) is 24.5. The van der Waals surface area contributed by atoms with Crippen molar-refractivity contribution in [1.29, 1.82) is 0 Å². The molecular formula is C27H36N6O3. The smallest absolute Gasteiger partial charge is 0.259 e. The Morgan fingerprint density at radius 3 is 2.64 bits per heavy atom. The lowest BCUT2D eigenvalue weighted by molar-refractivity contribution is -0.119. The van der Waals surface area contributed by atoms with Gasteiger partial charge in [0.15, 0.2) is 0 Å². The van der Waals surface area contributed by atoms with Crippen LogP contribution < -0.4 is 25.6 Å². The predicted octanol–water partition coefficient (Wildman–Crippen LogP) is 2.92. The standard InChI is InChI=1S/C27H36N6O3/c1-18(34)30-22-3-5-23(6-4-22)31-27-29-14-10-25(32-27)33(17-19-8-12-28-13-9-19)26(35)21-2-7-24-20(16-21)11-15-36-24/h2,7,10,14,16,19,22-23,28H,3-6,8-9,11-13,15,17H2,1H3,(H,30,34)(H,29,31,32). The molecule has 2 aliphatic heterocycles. The number of fused-ring (bicyclic) bond motifs is 1. The van der Waals surface area contributed by atoms with Crippen LogP contribution in [0.4, 0.5) is 11.8 Å². The number of benzene rings is 1.